The molecule has 0 N–H and O–H groups in total. The van der Waals surface area contributed by atoms with E-state index in [1.165, 1.54) is 116 Å². The molecule has 4 atom stereocenters. The lowest BCUT2D eigenvalue weighted by Gasteiger charge is -2.22. The molecule has 0 heterocycles. The Hall–Kier alpha value is -1.18. The maximum Gasteiger partial charge on any atom is 0.306 e. The zero-order valence-electron chi connectivity index (χ0n) is 32.4. The molecule has 4 unspecified atom stereocenters. The molecule has 0 saturated heterocycles. The van der Waals surface area contributed by atoms with E-state index in [9.17, 15) is 9.59 Å². The topological polar surface area (TPSA) is 74.3 Å². The van der Waals surface area contributed by atoms with E-state index >= 15 is 0 Å². The van der Waals surface area contributed by atoms with Crippen LogP contribution in [0.5, 0.6) is 0 Å². The summed E-state index contributed by atoms with van der Waals surface area (Å²) >= 11 is 0. The van der Waals surface area contributed by atoms with E-state index < -0.39 is 0 Å². The Morgan fingerprint density at radius 1 is 0.646 bits per heavy atom. The highest BCUT2D eigenvalue weighted by Crippen LogP contribution is 2.36. The van der Waals surface area contributed by atoms with Gasteiger partial charge in [0.1, 0.15) is 18.8 Å². The van der Waals surface area contributed by atoms with Crippen LogP contribution in [0, 0.1) is 11.8 Å². The fourth-order valence-electron chi connectivity index (χ4n) is 6.78. The maximum atomic E-state index is 12.9. The van der Waals surface area contributed by atoms with Gasteiger partial charge in [0.2, 0.25) is 0 Å². The summed E-state index contributed by atoms with van der Waals surface area (Å²) in [7, 11) is 4.01. The van der Waals surface area contributed by atoms with Crippen molar-refractivity contribution in [2.75, 3.05) is 47.1 Å². The molecule has 1 saturated carbocycles. The Morgan fingerprint density at radius 3 is 1.71 bits per heavy atom. The van der Waals surface area contributed by atoms with E-state index in [-0.39, 0.29) is 42.6 Å². The molecule has 0 aromatic carbocycles. The van der Waals surface area contributed by atoms with Crippen molar-refractivity contribution in [1.29, 1.82) is 0 Å². The number of carbonyl (C=O) groups is 2. The second-order valence-electron chi connectivity index (χ2n) is 15.0. The number of hydrogen-bond donors (Lipinski definition) is 0. The van der Waals surface area contributed by atoms with E-state index in [2.05, 4.69) is 25.7 Å². The molecule has 48 heavy (non-hydrogen) atoms. The van der Waals surface area contributed by atoms with Crippen molar-refractivity contribution in [2.45, 2.75) is 193 Å². The monoisotopic (exact) mass is 682 g/mol. The van der Waals surface area contributed by atoms with Gasteiger partial charge in [-0.1, -0.05) is 136 Å². The summed E-state index contributed by atoms with van der Waals surface area (Å²) in [6, 6.07) is 0. The SMILES string of the molecule is CCCCCCCCCCCCOCC(COC(=O)CC1CCC(OC(=O)CCCN(C)C)C1C)OCCCCCCCCCCCC. The van der Waals surface area contributed by atoms with Gasteiger partial charge in [-0.05, 0) is 64.6 Å². The third-order valence-corrected chi connectivity index (χ3v) is 10.1. The van der Waals surface area contributed by atoms with Crippen LogP contribution in [0.4, 0.5) is 0 Å². The van der Waals surface area contributed by atoms with Crippen molar-refractivity contribution < 1.29 is 28.5 Å². The zero-order chi connectivity index (χ0) is 35.1. The molecule has 1 rings (SSSR count). The molecule has 0 radical (unpaired) electrons. The number of nitrogens with zero attached hydrogens (tertiary/aromatic N) is 1. The lowest BCUT2D eigenvalue weighted by atomic mass is 9.94. The lowest BCUT2D eigenvalue weighted by molar-refractivity contribution is -0.152. The molecule has 1 aliphatic carbocycles. The molecule has 0 spiro atoms. The van der Waals surface area contributed by atoms with Gasteiger partial charge in [0.15, 0.2) is 0 Å². The van der Waals surface area contributed by atoms with E-state index in [4.69, 9.17) is 18.9 Å². The number of rotatable bonds is 34. The van der Waals surface area contributed by atoms with Crippen LogP contribution in [0.15, 0.2) is 0 Å². The molecular weight excluding hydrogens is 602 g/mol. The Labute approximate surface area is 297 Å². The molecule has 0 amide bonds. The van der Waals surface area contributed by atoms with Gasteiger partial charge in [-0.2, -0.15) is 0 Å². The van der Waals surface area contributed by atoms with Crippen LogP contribution in [0.1, 0.15) is 181 Å². The molecule has 0 bridgehead atoms. The van der Waals surface area contributed by atoms with Crippen LogP contribution in [-0.4, -0.2) is 76.1 Å². The first kappa shape index (κ1) is 44.8. The summed E-state index contributed by atoms with van der Waals surface area (Å²) < 4.78 is 23.8. The van der Waals surface area contributed by atoms with Crippen LogP contribution in [0.25, 0.3) is 0 Å². The highest BCUT2D eigenvalue weighted by atomic mass is 16.6. The van der Waals surface area contributed by atoms with Crippen molar-refractivity contribution in [1.82, 2.24) is 4.90 Å². The van der Waals surface area contributed by atoms with Crippen LogP contribution in [0.3, 0.4) is 0 Å². The molecule has 0 aromatic heterocycles. The predicted molar refractivity (Wildman–Crippen MR) is 199 cm³/mol. The first-order chi connectivity index (χ1) is 23.4. The highest BCUT2D eigenvalue weighted by molar-refractivity contribution is 5.70. The van der Waals surface area contributed by atoms with Crippen molar-refractivity contribution in [3.8, 4) is 0 Å². The second kappa shape index (κ2) is 31.8. The van der Waals surface area contributed by atoms with E-state index in [0.29, 0.717) is 26.1 Å². The minimum atomic E-state index is -0.229. The Kier molecular flexibility index (Phi) is 29.7. The van der Waals surface area contributed by atoms with Gasteiger partial charge in [0, 0.05) is 26.1 Å². The molecule has 284 valence electrons. The predicted octanol–water partition coefficient (Wildman–Crippen LogP) is 10.5. The van der Waals surface area contributed by atoms with Gasteiger partial charge in [-0.3, -0.25) is 9.59 Å². The molecule has 7 heteroatoms. The Balaban J connectivity index is 2.34. The van der Waals surface area contributed by atoms with Crippen LogP contribution >= 0.6 is 0 Å². The quantitative estimate of drug-likeness (QED) is 0.0494. The van der Waals surface area contributed by atoms with Crippen LogP contribution in [0.2, 0.25) is 0 Å². The molecule has 1 aliphatic rings. The lowest BCUT2D eigenvalue weighted by Crippen LogP contribution is -2.29. The van der Waals surface area contributed by atoms with Crippen molar-refractivity contribution in [2.24, 2.45) is 11.8 Å². The summed E-state index contributed by atoms with van der Waals surface area (Å²) in [6.45, 7) is 9.63. The fraction of sp³-hybridized carbons (Fsp3) is 0.951. The van der Waals surface area contributed by atoms with Gasteiger partial charge in [0.25, 0.3) is 0 Å². The van der Waals surface area contributed by atoms with E-state index in [0.717, 1.165) is 45.3 Å². The number of carbonyl (C=O) groups excluding carboxylic acids is 2. The van der Waals surface area contributed by atoms with Gasteiger partial charge >= 0.3 is 11.9 Å². The average Bonchev–Trinajstić information content (AvgIpc) is 3.39. The fourth-order valence-corrected chi connectivity index (χ4v) is 6.78. The van der Waals surface area contributed by atoms with Gasteiger partial charge < -0.3 is 23.8 Å². The van der Waals surface area contributed by atoms with Crippen molar-refractivity contribution in [3.05, 3.63) is 0 Å². The number of hydrogen-bond acceptors (Lipinski definition) is 7. The largest absolute Gasteiger partial charge is 0.463 e. The Morgan fingerprint density at radius 2 is 1.17 bits per heavy atom. The summed E-state index contributed by atoms with van der Waals surface area (Å²) in [4.78, 5) is 27.3. The standard InChI is InChI=1S/C41H79NO6/c1-6-8-10-12-14-16-18-20-22-24-31-45-34-38(46-32-25-23-21-19-17-15-13-11-9-7-2)35-47-41(44)33-37-28-29-39(36(37)3)48-40(43)27-26-30-42(4)5/h36-39H,6-35H2,1-5H3. The summed E-state index contributed by atoms with van der Waals surface area (Å²) in [6.07, 6.45) is 29.0. The van der Waals surface area contributed by atoms with Gasteiger partial charge in [0.05, 0.1) is 6.61 Å². The minimum absolute atomic E-state index is 0.106. The van der Waals surface area contributed by atoms with Crippen LogP contribution < -0.4 is 0 Å². The smallest absolute Gasteiger partial charge is 0.306 e. The third-order valence-electron chi connectivity index (χ3n) is 10.1. The summed E-state index contributed by atoms with van der Waals surface area (Å²) in [5.41, 5.74) is 0. The highest BCUT2D eigenvalue weighted by Gasteiger charge is 2.36. The third kappa shape index (κ3) is 25.7. The molecular formula is C41H79NO6. The molecule has 0 aromatic rings. The summed E-state index contributed by atoms with van der Waals surface area (Å²) in [5.74, 6) is 0.0166. The van der Waals surface area contributed by atoms with Gasteiger partial charge in [-0.15, -0.1) is 0 Å². The van der Waals surface area contributed by atoms with E-state index in [1.54, 1.807) is 0 Å². The number of ether oxygens (including phenoxy) is 4. The summed E-state index contributed by atoms with van der Waals surface area (Å²) in [5, 5.41) is 0. The van der Waals surface area contributed by atoms with Gasteiger partial charge in [-0.25, -0.2) is 0 Å². The Bertz CT molecular complexity index is 746. The van der Waals surface area contributed by atoms with Crippen molar-refractivity contribution in [3.63, 3.8) is 0 Å². The zero-order valence-corrected chi connectivity index (χ0v) is 32.4. The molecule has 1 fully saturated rings. The first-order valence-corrected chi connectivity index (χ1v) is 20.6. The normalized spacial score (nSPS) is 18.4. The van der Waals surface area contributed by atoms with E-state index in [1.807, 2.05) is 14.1 Å². The number of esters is 2. The van der Waals surface area contributed by atoms with Crippen molar-refractivity contribution >= 4 is 11.9 Å². The number of unbranched alkanes of at least 4 members (excludes halogenated alkanes) is 18. The second-order valence-corrected chi connectivity index (χ2v) is 15.0. The molecule has 0 aliphatic heterocycles. The average molecular weight is 682 g/mol. The van der Waals surface area contributed by atoms with Crippen LogP contribution in [-0.2, 0) is 28.5 Å². The maximum absolute atomic E-state index is 12.9. The first-order valence-electron chi connectivity index (χ1n) is 20.6. The minimum Gasteiger partial charge on any atom is -0.463 e. The molecule has 7 nitrogen and oxygen atoms in total.